The maximum absolute atomic E-state index is 8.72. The Bertz CT molecular complexity index is 100. The lowest BCUT2D eigenvalue weighted by atomic mass is 10.4. The Balaban J connectivity index is 3.28. The van der Waals surface area contributed by atoms with Gasteiger partial charge in [-0.2, -0.15) is 0 Å². The first kappa shape index (κ1) is 8.23. The Morgan fingerprint density at radius 2 is 2.44 bits per heavy atom. The number of aliphatic imine (C=N–C) groups is 1. The van der Waals surface area contributed by atoms with Crippen LogP contribution in [0, 0.1) is 0 Å². The van der Waals surface area contributed by atoms with Crippen LogP contribution in [0.4, 0.5) is 0 Å². The number of nitrogens with one attached hydrogen (secondary N) is 1. The van der Waals surface area contributed by atoms with Gasteiger partial charge < -0.3 is 16.2 Å². The van der Waals surface area contributed by atoms with Crippen molar-refractivity contribution in [1.82, 2.24) is 5.32 Å². The number of aliphatic hydroxyl groups excluding tert-OH is 1. The fourth-order valence-electron chi connectivity index (χ4n) is 0.331. The number of aliphatic hydroxyl groups is 1. The van der Waals surface area contributed by atoms with Gasteiger partial charge in [0.15, 0.2) is 5.96 Å². The van der Waals surface area contributed by atoms with E-state index in [4.69, 9.17) is 10.8 Å². The minimum absolute atomic E-state index is 0.357. The predicted octanol–water partition coefficient (Wildman–Crippen LogP) is -1.10. The summed E-state index contributed by atoms with van der Waals surface area (Å²) in [5.41, 5.74) is 5.25. The van der Waals surface area contributed by atoms with Crippen molar-refractivity contribution in [3.8, 4) is 0 Å². The normalized spacial score (nSPS) is 15.2. The van der Waals surface area contributed by atoms with E-state index >= 15 is 0 Å². The summed E-state index contributed by atoms with van der Waals surface area (Å²) >= 11 is 0. The minimum atomic E-state index is -0.384. The summed E-state index contributed by atoms with van der Waals surface area (Å²) in [6.45, 7) is 2.12. The van der Waals surface area contributed by atoms with Crippen LogP contribution in [0.2, 0.25) is 0 Å². The molecule has 0 aromatic heterocycles. The second kappa shape index (κ2) is 4.14. The summed E-state index contributed by atoms with van der Waals surface area (Å²) in [4.78, 5) is 3.63. The second-order valence-electron chi connectivity index (χ2n) is 1.84. The Morgan fingerprint density at radius 3 is 2.78 bits per heavy atom. The lowest BCUT2D eigenvalue weighted by Crippen LogP contribution is -2.36. The van der Waals surface area contributed by atoms with Crippen molar-refractivity contribution < 1.29 is 5.11 Å². The third kappa shape index (κ3) is 5.10. The summed E-state index contributed by atoms with van der Waals surface area (Å²) in [7, 11) is 1.59. The molecule has 1 atom stereocenters. The standard InChI is InChI=1S/C5H13N3O/c1-4(9)3-8-5(6)7-2/h4,9H,3H2,1-2H3,(H3,6,7,8)/t4-/m0/s1. The highest BCUT2D eigenvalue weighted by molar-refractivity contribution is 5.77. The molecule has 0 bridgehead atoms. The van der Waals surface area contributed by atoms with Crippen LogP contribution in [0.1, 0.15) is 6.92 Å². The summed E-state index contributed by atoms with van der Waals surface area (Å²) < 4.78 is 0. The maximum atomic E-state index is 8.72. The molecule has 0 radical (unpaired) electrons. The second-order valence-corrected chi connectivity index (χ2v) is 1.84. The van der Waals surface area contributed by atoms with Crippen LogP contribution < -0.4 is 11.1 Å². The topological polar surface area (TPSA) is 70.6 Å². The molecule has 0 aromatic rings. The van der Waals surface area contributed by atoms with Gasteiger partial charge >= 0.3 is 0 Å². The SMILES string of the molecule is CN=C(N)NC[C@H](C)O. The lowest BCUT2D eigenvalue weighted by molar-refractivity contribution is 0.198. The smallest absolute Gasteiger partial charge is 0.188 e. The van der Waals surface area contributed by atoms with Crippen molar-refractivity contribution in [1.29, 1.82) is 0 Å². The van der Waals surface area contributed by atoms with E-state index in [1.165, 1.54) is 0 Å². The number of rotatable bonds is 2. The average molecular weight is 131 g/mol. The van der Waals surface area contributed by atoms with E-state index < -0.39 is 0 Å². The fraction of sp³-hybridized carbons (Fsp3) is 0.800. The van der Waals surface area contributed by atoms with Gasteiger partial charge in [-0.15, -0.1) is 0 Å². The summed E-state index contributed by atoms with van der Waals surface area (Å²) in [5, 5.41) is 11.4. The number of nitrogens with zero attached hydrogens (tertiary/aromatic N) is 1. The molecule has 4 N–H and O–H groups in total. The molecule has 4 heteroatoms. The van der Waals surface area contributed by atoms with E-state index in [9.17, 15) is 0 Å². The zero-order valence-electron chi connectivity index (χ0n) is 5.76. The van der Waals surface area contributed by atoms with Crippen LogP contribution in [0.25, 0.3) is 0 Å². The Kier molecular flexibility index (Phi) is 3.79. The van der Waals surface area contributed by atoms with Crippen molar-refractivity contribution in [2.75, 3.05) is 13.6 Å². The zero-order valence-corrected chi connectivity index (χ0v) is 5.76. The van der Waals surface area contributed by atoms with Crippen LogP contribution in [0.3, 0.4) is 0 Å². The van der Waals surface area contributed by atoms with Crippen LogP contribution >= 0.6 is 0 Å². The molecule has 0 aromatic carbocycles. The first-order valence-corrected chi connectivity index (χ1v) is 2.81. The van der Waals surface area contributed by atoms with Gasteiger partial charge in [-0.05, 0) is 6.92 Å². The predicted molar refractivity (Wildman–Crippen MR) is 37.2 cm³/mol. The van der Waals surface area contributed by atoms with E-state index in [0.717, 1.165) is 0 Å². The van der Waals surface area contributed by atoms with Crippen molar-refractivity contribution in [3.63, 3.8) is 0 Å². The highest BCUT2D eigenvalue weighted by Crippen LogP contribution is 1.72. The molecule has 0 heterocycles. The number of hydrogen-bond acceptors (Lipinski definition) is 2. The Labute approximate surface area is 54.8 Å². The van der Waals surface area contributed by atoms with E-state index in [1.54, 1.807) is 14.0 Å². The van der Waals surface area contributed by atoms with Gasteiger partial charge in [-0.1, -0.05) is 0 Å². The monoisotopic (exact) mass is 131 g/mol. The molecule has 0 saturated carbocycles. The van der Waals surface area contributed by atoms with Gasteiger partial charge in [0.2, 0.25) is 0 Å². The molecule has 0 aliphatic rings. The summed E-state index contributed by atoms with van der Waals surface area (Å²) in [6, 6.07) is 0. The van der Waals surface area contributed by atoms with Gasteiger partial charge in [0.05, 0.1) is 6.10 Å². The average Bonchev–Trinajstić information content (AvgIpc) is 1.83. The molecular formula is C5H13N3O. The van der Waals surface area contributed by atoms with Gasteiger partial charge in [0, 0.05) is 13.6 Å². The highest BCUT2D eigenvalue weighted by atomic mass is 16.3. The van der Waals surface area contributed by atoms with E-state index in [1.807, 2.05) is 0 Å². The Hall–Kier alpha value is -0.770. The quantitative estimate of drug-likeness (QED) is 0.329. The molecule has 0 fully saturated rings. The van der Waals surface area contributed by atoms with Crippen LogP contribution in [-0.4, -0.2) is 30.8 Å². The minimum Gasteiger partial charge on any atom is -0.392 e. The van der Waals surface area contributed by atoms with Gasteiger partial charge in [-0.25, -0.2) is 0 Å². The van der Waals surface area contributed by atoms with E-state index in [-0.39, 0.29) is 6.10 Å². The molecule has 54 valence electrons. The van der Waals surface area contributed by atoms with Gasteiger partial charge in [0.1, 0.15) is 0 Å². The molecule has 9 heavy (non-hydrogen) atoms. The molecule has 0 spiro atoms. The van der Waals surface area contributed by atoms with Crippen molar-refractivity contribution in [2.24, 2.45) is 10.7 Å². The van der Waals surface area contributed by atoms with Crippen LogP contribution in [-0.2, 0) is 0 Å². The van der Waals surface area contributed by atoms with Crippen molar-refractivity contribution in [2.45, 2.75) is 13.0 Å². The molecular weight excluding hydrogens is 118 g/mol. The first-order chi connectivity index (χ1) is 4.16. The van der Waals surface area contributed by atoms with Crippen LogP contribution in [0.15, 0.2) is 4.99 Å². The van der Waals surface area contributed by atoms with Crippen molar-refractivity contribution >= 4 is 5.96 Å². The molecule has 0 saturated heterocycles. The first-order valence-electron chi connectivity index (χ1n) is 2.81. The lowest BCUT2D eigenvalue weighted by Gasteiger charge is -2.05. The number of nitrogens with two attached hydrogens (primary N) is 1. The molecule has 4 nitrogen and oxygen atoms in total. The largest absolute Gasteiger partial charge is 0.392 e. The molecule has 0 rings (SSSR count). The summed E-state index contributed by atoms with van der Waals surface area (Å²) in [6.07, 6.45) is -0.384. The molecule has 0 amide bonds. The Morgan fingerprint density at radius 1 is 1.89 bits per heavy atom. The summed E-state index contributed by atoms with van der Waals surface area (Å²) in [5.74, 6) is 0.357. The highest BCUT2D eigenvalue weighted by Gasteiger charge is 1.93. The van der Waals surface area contributed by atoms with E-state index in [2.05, 4.69) is 10.3 Å². The zero-order chi connectivity index (χ0) is 7.28. The van der Waals surface area contributed by atoms with Crippen molar-refractivity contribution in [3.05, 3.63) is 0 Å². The molecule has 0 unspecified atom stereocenters. The number of guanidine groups is 1. The molecule has 0 aliphatic carbocycles. The maximum Gasteiger partial charge on any atom is 0.188 e. The molecule has 0 aliphatic heterocycles. The number of hydrogen-bond donors (Lipinski definition) is 3. The van der Waals surface area contributed by atoms with E-state index in [0.29, 0.717) is 12.5 Å². The van der Waals surface area contributed by atoms with Gasteiger partial charge in [-0.3, -0.25) is 4.99 Å². The third-order valence-corrected chi connectivity index (χ3v) is 0.819. The fourth-order valence-corrected chi connectivity index (χ4v) is 0.331. The third-order valence-electron chi connectivity index (χ3n) is 0.819. The van der Waals surface area contributed by atoms with Gasteiger partial charge in [0.25, 0.3) is 0 Å². The van der Waals surface area contributed by atoms with Crippen LogP contribution in [0.5, 0.6) is 0 Å².